The topological polar surface area (TPSA) is 65.8 Å². The van der Waals surface area contributed by atoms with Crippen molar-refractivity contribution in [2.24, 2.45) is 10.2 Å². The summed E-state index contributed by atoms with van der Waals surface area (Å²) in [5.74, 6) is -4.41. The molecule has 3 aromatic carbocycles. The van der Waals surface area contributed by atoms with E-state index in [4.69, 9.17) is 0 Å². The van der Waals surface area contributed by atoms with Crippen LogP contribution in [-0.2, 0) is 0 Å². The summed E-state index contributed by atoms with van der Waals surface area (Å²) >= 11 is 0. The van der Waals surface area contributed by atoms with Gasteiger partial charge in [-0.2, -0.15) is 10.2 Å². The van der Waals surface area contributed by atoms with E-state index in [9.17, 15) is 22.4 Å². The molecule has 0 radical (unpaired) electrons. The maximum Gasteiger partial charge on any atom is 0.271 e. The molecule has 152 valence electrons. The van der Waals surface area contributed by atoms with Crippen molar-refractivity contribution in [3.8, 4) is 0 Å². The Bertz CT molecular complexity index is 1110. The highest BCUT2D eigenvalue weighted by atomic mass is 19.2. The number of halogens is 4. The van der Waals surface area contributed by atoms with E-state index >= 15 is 0 Å². The zero-order chi connectivity index (χ0) is 21.5. The van der Waals surface area contributed by atoms with Crippen molar-refractivity contribution in [3.63, 3.8) is 0 Å². The predicted octanol–water partition coefficient (Wildman–Crippen LogP) is 4.45. The van der Waals surface area contributed by atoms with Gasteiger partial charge in [-0.25, -0.2) is 23.0 Å². The molecule has 0 aromatic heterocycles. The Morgan fingerprint density at radius 3 is 1.77 bits per heavy atom. The first-order valence-corrected chi connectivity index (χ1v) is 8.55. The van der Waals surface area contributed by atoms with Crippen molar-refractivity contribution in [1.29, 1.82) is 0 Å². The van der Waals surface area contributed by atoms with Crippen molar-refractivity contribution in [2.45, 2.75) is 0 Å². The third-order valence-corrected chi connectivity index (χ3v) is 3.82. The smallest absolute Gasteiger partial charge is 0.271 e. The fraction of sp³-hybridized carbons (Fsp3) is 0. The Kier molecular flexibility index (Phi) is 6.53. The molecule has 0 bridgehead atoms. The Hall–Kier alpha value is -4.01. The van der Waals surface area contributed by atoms with E-state index in [0.29, 0.717) is 16.8 Å². The lowest BCUT2D eigenvalue weighted by Crippen LogP contribution is -2.17. The Labute approximate surface area is 168 Å². The average molecular weight is 414 g/mol. The number of carbonyl (C=O) groups excluding carboxylic acids is 1. The third-order valence-electron chi connectivity index (χ3n) is 3.82. The van der Waals surface area contributed by atoms with Gasteiger partial charge in [0.15, 0.2) is 23.3 Å². The molecule has 0 heterocycles. The van der Waals surface area contributed by atoms with Crippen LogP contribution in [0.25, 0.3) is 0 Å². The lowest BCUT2D eigenvalue weighted by molar-refractivity contribution is 0.0955. The number of carbonyl (C=O) groups is 1. The SMILES string of the molecule is O=C(N/N=C/c1ccc(F)c(F)c1)c1ccc(N/N=C/c2ccc(F)c(F)c2)cc1. The lowest BCUT2D eigenvalue weighted by Gasteiger charge is -2.03. The Morgan fingerprint density at radius 1 is 0.700 bits per heavy atom. The minimum Gasteiger partial charge on any atom is -0.279 e. The highest BCUT2D eigenvalue weighted by Gasteiger charge is 2.05. The van der Waals surface area contributed by atoms with Gasteiger partial charge in [0, 0.05) is 5.56 Å². The molecule has 3 aromatic rings. The van der Waals surface area contributed by atoms with Gasteiger partial charge < -0.3 is 0 Å². The van der Waals surface area contributed by atoms with Gasteiger partial charge in [0.25, 0.3) is 5.91 Å². The fourth-order valence-electron chi connectivity index (χ4n) is 2.29. The van der Waals surface area contributed by atoms with Crippen LogP contribution in [0.1, 0.15) is 21.5 Å². The number of hydrazone groups is 2. The average Bonchev–Trinajstić information content (AvgIpc) is 2.73. The summed E-state index contributed by atoms with van der Waals surface area (Å²) in [6.45, 7) is 0. The summed E-state index contributed by atoms with van der Waals surface area (Å²) in [6, 6.07) is 12.8. The Balaban J connectivity index is 1.54. The molecule has 0 fully saturated rings. The molecule has 0 saturated heterocycles. The summed E-state index contributed by atoms with van der Waals surface area (Å²) < 4.78 is 52.0. The first kappa shape index (κ1) is 20.7. The molecule has 2 N–H and O–H groups in total. The number of benzene rings is 3. The molecular formula is C21H14F4N4O. The van der Waals surface area contributed by atoms with E-state index in [1.165, 1.54) is 36.7 Å². The van der Waals surface area contributed by atoms with E-state index in [0.717, 1.165) is 24.3 Å². The van der Waals surface area contributed by atoms with Crippen LogP contribution >= 0.6 is 0 Å². The van der Waals surface area contributed by atoms with E-state index < -0.39 is 29.2 Å². The largest absolute Gasteiger partial charge is 0.279 e. The molecule has 0 unspecified atom stereocenters. The minimum atomic E-state index is -1.01. The first-order chi connectivity index (χ1) is 14.4. The van der Waals surface area contributed by atoms with Crippen LogP contribution in [-0.4, -0.2) is 18.3 Å². The Morgan fingerprint density at radius 2 is 1.23 bits per heavy atom. The lowest BCUT2D eigenvalue weighted by atomic mass is 10.2. The van der Waals surface area contributed by atoms with Crippen LogP contribution in [0.4, 0.5) is 23.2 Å². The van der Waals surface area contributed by atoms with Crippen molar-refractivity contribution < 1.29 is 22.4 Å². The second kappa shape index (κ2) is 9.46. The quantitative estimate of drug-likeness (QED) is 0.356. The van der Waals surface area contributed by atoms with Gasteiger partial charge in [0.2, 0.25) is 0 Å². The normalized spacial score (nSPS) is 11.2. The van der Waals surface area contributed by atoms with Gasteiger partial charge in [-0.1, -0.05) is 12.1 Å². The highest BCUT2D eigenvalue weighted by Crippen LogP contribution is 2.11. The van der Waals surface area contributed by atoms with E-state index in [2.05, 4.69) is 21.1 Å². The molecule has 0 aliphatic heterocycles. The van der Waals surface area contributed by atoms with Crippen LogP contribution in [0, 0.1) is 23.3 Å². The second-order valence-corrected chi connectivity index (χ2v) is 5.99. The maximum atomic E-state index is 13.1. The zero-order valence-corrected chi connectivity index (χ0v) is 15.2. The fourth-order valence-corrected chi connectivity index (χ4v) is 2.29. The van der Waals surface area contributed by atoms with Crippen molar-refractivity contribution in [3.05, 3.63) is 101 Å². The van der Waals surface area contributed by atoms with Crippen molar-refractivity contribution >= 4 is 24.0 Å². The molecule has 0 atom stereocenters. The monoisotopic (exact) mass is 414 g/mol. The number of hydrogen-bond donors (Lipinski definition) is 2. The van der Waals surface area contributed by atoms with Gasteiger partial charge in [0.05, 0.1) is 18.1 Å². The number of amides is 1. The van der Waals surface area contributed by atoms with Crippen LogP contribution in [0.3, 0.4) is 0 Å². The van der Waals surface area contributed by atoms with Gasteiger partial charge in [-0.15, -0.1) is 0 Å². The van der Waals surface area contributed by atoms with E-state index in [1.54, 1.807) is 12.1 Å². The van der Waals surface area contributed by atoms with E-state index in [-0.39, 0.29) is 5.56 Å². The maximum absolute atomic E-state index is 13.1. The zero-order valence-electron chi connectivity index (χ0n) is 15.2. The number of nitrogens with zero attached hydrogens (tertiary/aromatic N) is 2. The number of anilines is 1. The standard InChI is InChI=1S/C21H14F4N4O/c22-17-7-1-13(9-19(17)24)11-26-28-16-5-3-15(4-6-16)21(30)29-27-12-14-2-8-18(23)20(25)10-14/h1-12,28H,(H,29,30)/b26-11+,27-12+. The summed E-state index contributed by atoms with van der Waals surface area (Å²) in [7, 11) is 0. The molecule has 0 spiro atoms. The number of nitrogens with one attached hydrogen (secondary N) is 2. The minimum absolute atomic E-state index is 0.285. The van der Waals surface area contributed by atoms with Crippen molar-refractivity contribution in [2.75, 3.05) is 5.43 Å². The summed E-state index contributed by atoms with van der Waals surface area (Å²) in [6.07, 6.45) is 2.50. The molecule has 30 heavy (non-hydrogen) atoms. The summed E-state index contributed by atoms with van der Waals surface area (Å²) in [5.41, 5.74) is 6.47. The molecule has 0 aliphatic carbocycles. The molecular weight excluding hydrogens is 400 g/mol. The molecule has 5 nitrogen and oxygen atoms in total. The van der Waals surface area contributed by atoms with Gasteiger partial charge in [-0.3, -0.25) is 10.2 Å². The van der Waals surface area contributed by atoms with Gasteiger partial charge in [0.1, 0.15) is 0 Å². The molecule has 0 aliphatic rings. The van der Waals surface area contributed by atoms with Gasteiger partial charge >= 0.3 is 0 Å². The van der Waals surface area contributed by atoms with Crippen LogP contribution in [0.5, 0.6) is 0 Å². The molecule has 3 rings (SSSR count). The van der Waals surface area contributed by atoms with Gasteiger partial charge in [-0.05, 0) is 59.7 Å². The van der Waals surface area contributed by atoms with E-state index in [1.807, 2.05) is 0 Å². The molecule has 9 heteroatoms. The van der Waals surface area contributed by atoms with Crippen molar-refractivity contribution in [1.82, 2.24) is 5.43 Å². The number of rotatable bonds is 6. The highest BCUT2D eigenvalue weighted by molar-refractivity contribution is 5.95. The predicted molar refractivity (Wildman–Crippen MR) is 105 cm³/mol. The van der Waals surface area contributed by atoms with Crippen LogP contribution < -0.4 is 10.9 Å². The second-order valence-electron chi connectivity index (χ2n) is 5.99. The molecule has 0 saturated carbocycles. The first-order valence-electron chi connectivity index (χ1n) is 8.55. The number of hydrogen-bond acceptors (Lipinski definition) is 4. The summed E-state index contributed by atoms with van der Waals surface area (Å²) in [4.78, 5) is 12.1. The third kappa shape index (κ3) is 5.51. The van der Waals surface area contributed by atoms with Crippen LogP contribution in [0.2, 0.25) is 0 Å². The molecule has 1 amide bonds. The summed E-state index contributed by atoms with van der Waals surface area (Å²) in [5, 5.41) is 7.61. The van der Waals surface area contributed by atoms with Crippen LogP contribution in [0.15, 0.2) is 70.9 Å².